The molecule has 2 aromatic rings. The van der Waals surface area contributed by atoms with Crippen LogP contribution < -0.4 is 15.6 Å². The van der Waals surface area contributed by atoms with E-state index in [1.54, 1.807) is 49.4 Å². The van der Waals surface area contributed by atoms with Gasteiger partial charge in [-0.2, -0.15) is 0 Å². The first-order valence-corrected chi connectivity index (χ1v) is 8.22. The zero-order valence-electron chi connectivity index (χ0n) is 12.0. The molecular weight excluding hydrogens is 302 g/mol. The van der Waals surface area contributed by atoms with Gasteiger partial charge >= 0.3 is 0 Å². The number of hydrazine groups is 1. The minimum atomic E-state index is -3.60. The number of rotatable bonds is 6. The van der Waals surface area contributed by atoms with E-state index in [9.17, 15) is 13.2 Å². The fraction of sp³-hybridized carbons (Fsp3) is 0.133. The van der Waals surface area contributed by atoms with Gasteiger partial charge in [-0.3, -0.25) is 20.4 Å². The summed E-state index contributed by atoms with van der Waals surface area (Å²) in [4.78, 5) is 11.3. The van der Waals surface area contributed by atoms with Crippen LogP contribution in [0.25, 0.3) is 0 Å². The third-order valence-corrected chi connectivity index (χ3v) is 4.26. The van der Waals surface area contributed by atoms with Crippen molar-refractivity contribution in [3.05, 3.63) is 54.6 Å². The molecule has 0 fully saturated rings. The Kier molecular flexibility index (Phi) is 5.00. The molecule has 0 unspecified atom stereocenters. The molecule has 0 atom stereocenters. The van der Waals surface area contributed by atoms with Crippen molar-refractivity contribution in [3.8, 4) is 0 Å². The number of benzene rings is 2. The minimum absolute atomic E-state index is 0.131. The average Bonchev–Trinajstić information content (AvgIpc) is 2.54. The van der Waals surface area contributed by atoms with E-state index in [0.29, 0.717) is 17.8 Å². The average molecular weight is 319 g/mol. The van der Waals surface area contributed by atoms with Crippen molar-refractivity contribution in [2.24, 2.45) is 0 Å². The fourth-order valence-electron chi connectivity index (χ4n) is 1.67. The highest BCUT2D eigenvalue weighted by atomic mass is 32.2. The lowest BCUT2D eigenvalue weighted by molar-refractivity contribution is -0.120. The van der Waals surface area contributed by atoms with E-state index in [1.807, 2.05) is 0 Å². The highest BCUT2D eigenvalue weighted by molar-refractivity contribution is 7.92. The molecular formula is C15H17N3O3S. The molecule has 0 bridgehead atoms. The van der Waals surface area contributed by atoms with Crippen molar-refractivity contribution < 1.29 is 13.2 Å². The Hall–Kier alpha value is -2.54. The zero-order chi connectivity index (χ0) is 16.0. The predicted octanol–water partition coefficient (Wildman–Crippen LogP) is 2.34. The van der Waals surface area contributed by atoms with Gasteiger partial charge in [-0.05, 0) is 36.4 Å². The highest BCUT2D eigenvalue weighted by Gasteiger charge is 2.13. The van der Waals surface area contributed by atoms with Gasteiger partial charge in [0, 0.05) is 12.1 Å². The number of sulfonamides is 1. The molecule has 22 heavy (non-hydrogen) atoms. The summed E-state index contributed by atoms with van der Waals surface area (Å²) in [5, 5.41) is 0. The van der Waals surface area contributed by atoms with E-state index in [0.717, 1.165) is 0 Å². The van der Waals surface area contributed by atoms with Gasteiger partial charge in [0.1, 0.15) is 0 Å². The van der Waals surface area contributed by atoms with E-state index < -0.39 is 10.0 Å². The van der Waals surface area contributed by atoms with Gasteiger partial charge in [-0.25, -0.2) is 8.42 Å². The summed E-state index contributed by atoms with van der Waals surface area (Å²) in [5.41, 5.74) is 6.35. The maximum atomic E-state index is 12.2. The summed E-state index contributed by atoms with van der Waals surface area (Å²) < 4.78 is 26.8. The number of nitrogens with one attached hydrogen (secondary N) is 3. The van der Waals surface area contributed by atoms with E-state index >= 15 is 0 Å². The van der Waals surface area contributed by atoms with Gasteiger partial charge in [-0.1, -0.05) is 25.1 Å². The number of carbonyl (C=O) groups is 1. The molecule has 7 heteroatoms. The van der Waals surface area contributed by atoms with Gasteiger partial charge in [0.05, 0.1) is 10.6 Å². The molecule has 1 amide bonds. The van der Waals surface area contributed by atoms with Crippen LogP contribution in [0.1, 0.15) is 13.3 Å². The van der Waals surface area contributed by atoms with Crippen molar-refractivity contribution >= 4 is 27.3 Å². The Morgan fingerprint density at radius 3 is 2.14 bits per heavy atom. The third kappa shape index (κ3) is 4.23. The molecule has 0 saturated carbocycles. The minimum Gasteiger partial charge on any atom is -0.299 e. The van der Waals surface area contributed by atoms with E-state index in [2.05, 4.69) is 15.6 Å². The summed E-state index contributed by atoms with van der Waals surface area (Å²) in [6.07, 6.45) is 0.377. The Morgan fingerprint density at radius 1 is 0.955 bits per heavy atom. The van der Waals surface area contributed by atoms with Crippen LogP contribution in [0.5, 0.6) is 0 Å². The number of hydrogen-bond donors (Lipinski definition) is 3. The summed E-state index contributed by atoms with van der Waals surface area (Å²) in [6.45, 7) is 1.75. The summed E-state index contributed by atoms with van der Waals surface area (Å²) in [5.74, 6) is -0.131. The first kappa shape index (κ1) is 15.8. The summed E-state index contributed by atoms with van der Waals surface area (Å²) in [6, 6.07) is 14.7. The second kappa shape index (κ2) is 6.95. The van der Waals surface area contributed by atoms with Crippen LogP contribution in [0.2, 0.25) is 0 Å². The molecule has 3 N–H and O–H groups in total. The van der Waals surface area contributed by atoms with Gasteiger partial charge < -0.3 is 0 Å². The van der Waals surface area contributed by atoms with Gasteiger partial charge in [0.15, 0.2) is 0 Å². The summed E-state index contributed by atoms with van der Waals surface area (Å²) >= 11 is 0. The van der Waals surface area contributed by atoms with Gasteiger partial charge in [0.25, 0.3) is 10.0 Å². The van der Waals surface area contributed by atoms with Crippen LogP contribution in [0.3, 0.4) is 0 Å². The lowest BCUT2D eigenvalue weighted by Crippen LogP contribution is -2.28. The molecule has 0 spiro atoms. The largest absolute Gasteiger partial charge is 0.299 e. The van der Waals surface area contributed by atoms with Crippen molar-refractivity contribution in [1.29, 1.82) is 0 Å². The maximum Gasteiger partial charge on any atom is 0.261 e. The lowest BCUT2D eigenvalue weighted by atomic mass is 10.3. The topological polar surface area (TPSA) is 87.3 Å². The Morgan fingerprint density at radius 2 is 1.55 bits per heavy atom. The van der Waals surface area contributed by atoms with Crippen LogP contribution in [-0.4, -0.2) is 14.3 Å². The smallest absolute Gasteiger partial charge is 0.261 e. The third-order valence-electron chi connectivity index (χ3n) is 2.86. The van der Waals surface area contributed by atoms with Gasteiger partial charge in [-0.15, -0.1) is 0 Å². The van der Waals surface area contributed by atoms with E-state index in [-0.39, 0.29) is 10.8 Å². The number of hydrogen-bond acceptors (Lipinski definition) is 4. The fourth-order valence-corrected chi connectivity index (χ4v) is 2.75. The molecule has 0 heterocycles. The van der Waals surface area contributed by atoms with Gasteiger partial charge in [0.2, 0.25) is 5.91 Å². The summed E-state index contributed by atoms with van der Waals surface area (Å²) in [7, 11) is -3.60. The Bertz CT molecular complexity index is 728. The standard InChI is InChI=1S/C15H17N3O3S/c1-2-15(19)17-16-12-8-10-13(11-9-12)18-22(20,21)14-6-4-3-5-7-14/h3-11,16,18H,2H2,1H3,(H,17,19). The normalized spacial score (nSPS) is 10.8. The Balaban J connectivity index is 2.04. The maximum absolute atomic E-state index is 12.2. The molecule has 2 aromatic carbocycles. The number of carbonyl (C=O) groups excluding carboxylic acids is 1. The van der Waals surface area contributed by atoms with Crippen molar-refractivity contribution in [1.82, 2.24) is 5.43 Å². The second-order valence-electron chi connectivity index (χ2n) is 4.52. The molecule has 0 radical (unpaired) electrons. The monoisotopic (exact) mass is 319 g/mol. The second-order valence-corrected chi connectivity index (χ2v) is 6.21. The molecule has 0 saturated heterocycles. The molecule has 0 aliphatic carbocycles. The van der Waals surface area contributed by atoms with Crippen LogP contribution >= 0.6 is 0 Å². The molecule has 0 aliphatic rings. The highest BCUT2D eigenvalue weighted by Crippen LogP contribution is 2.17. The first-order chi connectivity index (χ1) is 10.5. The van der Waals surface area contributed by atoms with Crippen molar-refractivity contribution in [2.75, 3.05) is 10.1 Å². The number of anilines is 2. The van der Waals surface area contributed by atoms with Crippen molar-refractivity contribution in [3.63, 3.8) is 0 Å². The SMILES string of the molecule is CCC(=O)NNc1ccc(NS(=O)(=O)c2ccccc2)cc1. The predicted molar refractivity (Wildman–Crippen MR) is 85.7 cm³/mol. The zero-order valence-corrected chi connectivity index (χ0v) is 12.9. The van der Waals surface area contributed by atoms with E-state index in [1.165, 1.54) is 12.1 Å². The molecule has 2 rings (SSSR count). The molecule has 116 valence electrons. The quantitative estimate of drug-likeness (QED) is 0.713. The van der Waals surface area contributed by atoms with Crippen LogP contribution in [0.15, 0.2) is 59.5 Å². The van der Waals surface area contributed by atoms with Crippen LogP contribution in [-0.2, 0) is 14.8 Å². The molecule has 0 aliphatic heterocycles. The Labute approximate surface area is 129 Å². The molecule has 6 nitrogen and oxygen atoms in total. The van der Waals surface area contributed by atoms with Crippen LogP contribution in [0.4, 0.5) is 11.4 Å². The van der Waals surface area contributed by atoms with E-state index in [4.69, 9.17) is 0 Å². The number of amides is 1. The first-order valence-electron chi connectivity index (χ1n) is 6.74. The lowest BCUT2D eigenvalue weighted by Gasteiger charge is -2.10. The molecule has 0 aromatic heterocycles. The van der Waals surface area contributed by atoms with Crippen molar-refractivity contribution in [2.45, 2.75) is 18.2 Å². The van der Waals surface area contributed by atoms with Crippen LogP contribution in [0, 0.1) is 0 Å².